The molecule has 5 nitrogen and oxygen atoms in total. The van der Waals surface area contributed by atoms with Gasteiger partial charge in [0.25, 0.3) is 0 Å². The zero-order chi connectivity index (χ0) is 13.4. The Hall–Kier alpha value is -1.07. The van der Waals surface area contributed by atoms with Crippen LogP contribution in [-0.2, 0) is 0 Å². The molecule has 104 valence electrons. The van der Waals surface area contributed by atoms with Crippen LogP contribution in [0.5, 0.6) is 0 Å². The van der Waals surface area contributed by atoms with Crippen molar-refractivity contribution in [3.05, 3.63) is 10.7 Å². The van der Waals surface area contributed by atoms with Crippen molar-refractivity contribution in [3.63, 3.8) is 0 Å². The van der Waals surface area contributed by atoms with Gasteiger partial charge in [0.1, 0.15) is 5.02 Å². The van der Waals surface area contributed by atoms with Gasteiger partial charge in [-0.3, -0.25) is 0 Å². The Morgan fingerprint density at radius 3 is 2.89 bits per heavy atom. The van der Waals surface area contributed by atoms with Crippen LogP contribution in [0.25, 0.3) is 0 Å². The minimum Gasteiger partial charge on any atom is -0.368 e. The van der Waals surface area contributed by atoms with Crippen LogP contribution < -0.4 is 11.1 Å². The van der Waals surface area contributed by atoms with Gasteiger partial charge in [-0.15, -0.1) is 0 Å². The zero-order valence-corrected chi connectivity index (χ0v) is 12.0. The predicted molar refractivity (Wildman–Crippen MR) is 77.4 cm³/mol. The van der Waals surface area contributed by atoms with Crippen LogP contribution in [0.15, 0.2) is 0 Å². The maximum Gasteiger partial charge on any atom is 0.222 e. The third-order valence-electron chi connectivity index (χ3n) is 3.97. The number of nitrogens with zero attached hydrogens (tertiary/aromatic N) is 3. The standard InChI is InChI=1S/C13H20ClN5/c1-8-11(14)12(18-13(15)17-8)16-6-9-4-5-19(7-9)10-2-3-10/h9-10H,2-7H2,1H3,(H3,15,16,17,18)/t9-/m0/s1. The summed E-state index contributed by atoms with van der Waals surface area (Å²) >= 11 is 6.19. The van der Waals surface area contributed by atoms with Crippen molar-refractivity contribution in [1.82, 2.24) is 14.9 Å². The Bertz CT molecular complexity index is 474. The molecule has 6 heteroatoms. The van der Waals surface area contributed by atoms with Gasteiger partial charge in [0.2, 0.25) is 5.95 Å². The summed E-state index contributed by atoms with van der Waals surface area (Å²) in [7, 11) is 0. The minimum atomic E-state index is 0.274. The Labute approximate surface area is 118 Å². The summed E-state index contributed by atoms with van der Waals surface area (Å²) in [5.41, 5.74) is 6.38. The number of aromatic nitrogens is 2. The lowest BCUT2D eigenvalue weighted by molar-refractivity contribution is 0.316. The van der Waals surface area contributed by atoms with E-state index in [1.165, 1.54) is 32.4 Å². The van der Waals surface area contributed by atoms with E-state index in [-0.39, 0.29) is 5.95 Å². The summed E-state index contributed by atoms with van der Waals surface area (Å²) in [6, 6.07) is 0.866. The van der Waals surface area contributed by atoms with Gasteiger partial charge >= 0.3 is 0 Å². The third-order valence-corrected chi connectivity index (χ3v) is 4.43. The summed E-state index contributed by atoms with van der Waals surface area (Å²) in [4.78, 5) is 10.8. The van der Waals surface area contributed by atoms with Crippen molar-refractivity contribution in [2.45, 2.75) is 32.2 Å². The molecule has 3 rings (SSSR count). The SMILES string of the molecule is Cc1nc(N)nc(NC[C@@H]2CCN(C3CC3)C2)c1Cl. The van der Waals surface area contributed by atoms with E-state index in [1.807, 2.05) is 6.92 Å². The topological polar surface area (TPSA) is 67.1 Å². The number of hydrogen-bond acceptors (Lipinski definition) is 5. The number of nitrogens with two attached hydrogens (primary N) is 1. The van der Waals surface area contributed by atoms with Gasteiger partial charge in [-0.25, -0.2) is 4.98 Å². The average Bonchev–Trinajstić information content (AvgIpc) is 3.12. The van der Waals surface area contributed by atoms with Crippen molar-refractivity contribution < 1.29 is 0 Å². The van der Waals surface area contributed by atoms with Gasteiger partial charge in [0.15, 0.2) is 5.82 Å². The normalized spacial score (nSPS) is 23.8. The molecule has 0 spiro atoms. The Balaban J connectivity index is 1.57. The van der Waals surface area contributed by atoms with Crippen molar-refractivity contribution in [1.29, 1.82) is 0 Å². The number of hydrogen-bond donors (Lipinski definition) is 2. The first kappa shape index (κ1) is 12.9. The maximum atomic E-state index is 6.19. The summed E-state index contributed by atoms with van der Waals surface area (Å²) in [6.45, 7) is 5.17. The second kappa shape index (κ2) is 5.13. The molecule has 0 bridgehead atoms. The van der Waals surface area contributed by atoms with E-state index in [2.05, 4.69) is 20.2 Å². The number of anilines is 2. The molecule has 2 heterocycles. The third kappa shape index (κ3) is 2.92. The molecule has 1 atom stereocenters. The Kier molecular flexibility index (Phi) is 3.50. The predicted octanol–water partition coefficient (Wildman–Crippen LogP) is 1.92. The largest absolute Gasteiger partial charge is 0.368 e. The molecule has 1 saturated carbocycles. The fourth-order valence-corrected chi connectivity index (χ4v) is 2.89. The highest BCUT2D eigenvalue weighted by atomic mass is 35.5. The van der Waals surface area contributed by atoms with Gasteiger partial charge in [-0.2, -0.15) is 4.98 Å². The van der Waals surface area contributed by atoms with Crippen molar-refractivity contribution in [2.24, 2.45) is 5.92 Å². The van der Waals surface area contributed by atoms with E-state index < -0.39 is 0 Å². The lowest BCUT2D eigenvalue weighted by atomic mass is 10.1. The molecule has 19 heavy (non-hydrogen) atoms. The van der Waals surface area contributed by atoms with Crippen molar-refractivity contribution in [2.75, 3.05) is 30.7 Å². The molecule has 1 saturated heterocycles. The summed E-state index contributed by atoms with van der Waals surface area (Å²) in [5, 5.41) is 3.90. The lowest BCUT2D eigenvalue weighted by Crippen LogP contribution is -2.25. The van der Waals surface area contributed by atoms with Gasteiger partial charge in [-0.1, -0.05) is 11.6 Å². The molecule has 3 N–H and O–H groups in total. The smallest absolute Gasteiger partial charge is 0.222 e. The van der Waals surface area contributed by atoms with Crippen LogP contribution in [0.3, 0.4) is 0 Å². The van der Waals surface area contributed by atoms with Crippen molar-refractivity contribution in [3.8, 4) is 0 Å². The molecular weight excluding hydrogens is 262 g/mol. The van der Waals surface area contributed by atoms with E-state index in [9.17, 15) is 0 Å². The minimum absolute atomic E-state index is 0.274. The number of rotatable bonds is 4. The molecule has 0 radical (unpaired) electrons. The van der Waals surface area contributed by atoms with Crippen LogP contribution in [0.4, 0.5) is 11.8 Å². The molecule has 1 aromatic heterocycles. The fraction of sp³-hybridized carbons (Fsp3) is 0.692. The van der Waals surface area contributed by atoms with Crippen LogP contribution in [0, 0.1) is 12.8 Å². The molecule has 1 aromatic rings. The van der Waals surface area contributed by atoms with Crippen LogP contribution >= 0.6 is 11.6 Å². The van der Waals surface area contributed by atoms with Gasteiger partial charge in [0.05, 0.1) is 5.69 Å². The second-order valence-electron chi connectivity index (χ2n) is 5.59. The fourth-order valence-electron chi connectivity index (χ4n) is 2.74. The summed E-state index contributed by atoms with van der Waals surface area (Å²) in [5.74, 6) is 1.61. The molecule has 2 aliphatic rings. The highest BCUT2D eigenvalue weighted by Gasteiger charge is 2.34. The molecule has 0 aromatic carbocycles. The first-order valence-corrected chi connectivity index (χ1v) is 7.29. The molecule has 0 amide bonds. The Morgan fingerprint density at radius 2 is 2.16 bits per heavy atom. The number of nitrogen functional groups attached to an aromatic ring is 1. The quantitative estimate of drug-likeness (QED) is 0.883. The molecule has 1 aliphatic carbocycles. The van der Waals surface area contributed by atoms with Crippen LogP contribution in [-0.4, -0.2) is 40.5 Å². The van der Waals surface area contributed by atoms with E-state index in [0.717, 1.165) is 18.3 Å². The summed E-state index contributed by atoms with van der Waals surface area (Å²) < 4.78 is 0. The molecule has 2 fully saturated rings. The monoisotopic (exact) mass is 281 g/mol. The first-order valence-electron chi connectivity index (χ1n) is 6.91. The van der Waals surface area contributed by atoms with E-state index in [1.54, 1.807) is 0 Å². The van der Waals surface area contributed by atoms with E-state index in [0.29, 0.717) is 16.8 Å². The number of likely N-dealkylation sites (tertiary alicyclic amines) is 1. The van der Waals surface area contributed by atoms with Crippen LogP contribution in [0.1, 0.15) is 25.0 Å². The maximum absolute atomic E-state index is 6.19. The lowest BCUT2D eigenvalue weighted by Gasteiger charge is -2.16. The molecule has 1 aliphatic heterocycles. The van der Waals surface area contributed by atoms with E-state index in [4.69, 9.17) is 17.3 Å². The number of halogens is 1. The van der Waals surface area contributed by atoms with E-state index >= 15 is 0 Å². The second-order valence-corrected chi connectivity index (χ2v) is 5.97. The van der Waals surface area contributed by atoms with Gasteiger partial charge in [-0.05, 0) is 38.6 Å². The van der Waals surface area contributed by atoms with Crippen LogP contribution in [0.2, 0.25) is 5.02 Å². The molecular formula is C13H20ClN5. The average molecular weight is 282 g/mol. The highest BCUT2D eigenvalue weighted by molar-refractivity contribution is 6.33. The summed E-state index contributed by atoms with van der Waals surface area (Å²) in [6.07, 6.45) is 4.02. The number of nitrogens with one attached hydrogen (secondary N) is 1. The van der Waals surface area contributed by atoms with Crippen molar-refractivity contribution >= 4 is 23.4 Å². The van der Waals surface area contributed by atoms with Gasteiger partial charge < -0.3 is 16.0 Å². The number of aryl methyl sites for hydroxylation is 1. The Morgan fingerprint density at radius 1 is 1.37 bits per heavy atom. The molecule has 0 unspecified atom stereocenters. The van der Waals surface area contributed by atoms with Gasteiger partial charge in [0, 0.05) is 19.1 Å². The first-order chi connectivity index (χ1) is 9.13. The zero-order valence-electron chi connectivity index (χ0n) is 11.2. The highest BCUT2D eigenvalue weighted by Crippen LogP contribution is 2.32.